The molecule has 0 aromatic heterocycles. The van der Waals surface area contributed by atoms with Gasteiger partial charge in [-0.15, -0.1) is 0 Å². The number of rotatable bonds is 6. The van der Waals surface area contributed by atoms with Crippen molar-refractivity contribution in [3.8, 4) is 22.3 Å². The van der Waals surface area contributed by atoms with Crippen molar-refractivity contribution < 1.29 is 14.6 Å². The maximum absolute atomic E-state index is 13.8. The molecule has 0 spiro atoms. The number of carbonyl (C=O) groups is 1. The zero-order valence-corrected chi connectivity index (χ0v) is 20.4. The first kappa shape index (κ1) is 24.5. The number of ketones is 1. The summed E-state index contributed by atoms with van der Waals surface area (Å²) in [6.07, 6.45) is 0. The molecule has 0 fully saturated rings. The van der Waals surface area contributed by atoms with E-state index in [1.807, 2.05) is 39.8 Å². The van der Waals surface area contributed by atoms with Gasteiger partial charge in [0.2, 0.25) is 5.78 Å². The molecular formula is C29H24N2O5. The van der Waals surface area contributed by atoms with Crippen molar-refractivity contribution in [2.24, 2.45) is 0 Å². The molecular weight excluding hydrogens is 456 g/mol. The summed E-state index contributed by atoms with van der Waals surface area (Å²) in [4.78, 5) is 37.1. The molecule has 4 aromatic rings. The molecule has 36 heavy (non-hydrogen) atoms. The predicted molar refractivity (Wildman–Crippen MR) is 139 cm³/mol. The first-order valence-electron chi connectivity index (χ1n) is 11.4. The van der Waals surface area contributed by atoms with Gasteiger partial charge in [0, 0.05) is 0 Å². The molecule has 7 heteroatoms. The van der Waals surface area contributed by atoms with Gasteiger partial charge in [-0.2, -0.15) is 0 Å². The maximum Gasteiger partial charge on any atom is 0.288 e. The molecule has 0 saturated heterocycles. The van der Waals surface area contributed by atoms with E-state index in [-0.39, 0.29) is 22.5 Å². The largest absolute Gasteiger partial charge is 0.288 e. The molecule has 0 unspecified atom stereocenters. The lowest BCUT2D eigenvalue weighted by atomic mass is 9.89. The summed E-state index contributed by atoms with van der Waals surface area (Å²) in [5.41, 5.74) is 4.34. The normalized spacial score (nSPS) is 10.8. The molecule has 0 N–H and O–H groups in total. The van der Waals surface area contributed by atoms with Crippen molar-refractivity contribution in [3.63, 3.8) is 0 Å². The summed E-state index contributed by atoms with van der Waals surface area (Å²) in [7, 11) is 0. The number of nitrogens with zero attached hydrogens (tertiary/aromatic N) is 2. The van der Waals surface area contributed by atoms with E-state index in [9.17, 15) is 25.0 Å². The van der Waals surface area contributed by atoms with Crippen LogP contribution in [0.2, 0.25) is 0 Å². The van der Waals surface area contributed by atoms with E-state index >= 15 is 0 Å². The van der Waals surface area contributed by atoms with E-state index < -0.39 is 15.6 Å². The number of hydrogen-bond acceptors (Lipinski definition) is 5. The molecule has 4 rings (SSSR count). The molecule has 7 nitrogen and oxygen atoms in total. The lowest BCUT2D eigenvalue weighted by molar-refractivity contribution is -0.384. The Bertz CT molecular complexity index is 1440. The molecule has 0 radical (unpaired) electrons. The highest BCUT2D eigenvalue weighted by molar-refractivity contribution is 6.16. The minimum Gasteiger partial charge on any atom is -0.288 e. The maximum atomic E-state index is 13.8. The zero-order valence-electron chi connectivity index (χ0n) is 20.4. The molecule has 0 atom stereocenters. The standard InChI is InChI=1S/C29H24N2O5/c1-17-9-5-11-21(19(17)3)23-13-7-15-25(27(23)30(33)34)29(32)26-16-8-14-24(28(26)31(35)36)22-12-6-10-18(2)20(22)4/h5-16H,1-4H3. The lowest BCUT2D eigenvalue weighted by Gasteiger charge is -2.13. The third-order valence-corrected chi connectivity index (χ3v) is 6.72. The minimum atomic E-state index is -0.771. The van der Waals surface area contributed by atoms with Crippen LogP contribution in [0.4, 0.5) is 11.4 Å². The van der Waals surface area contributed by atoms with Crippen LogP contribution < -0.4 is 0 Å². The quantitative estimate of drug-likeness (QED) is 0.164. The van der Waals surface area contributed by atoms with Gasteiger partial charge in [-0.25, -0.2) is 0 Å². The van der Waals surface area contributed by atoms with Crippen LogP contribution in [0.5, 0.6) is 0 Å². The van der Waals surface area contributed by atoms with Crippen molar-refractivity contribution in [2.45, 2.75) is 27.7 Å². The highest BCUT2D eigenvalue weighted by Crippen LogP contribution is 2.40. The van der Waals surface area contributed by atoms with Crippen LogP contribution in [-0.2, 0) is 0 Å². The smallest absolute Gasteiger partial charge is 0.288 e. The fourth-order valence-corrected chi connectivity index (χ4v) is 4.51. The third-order valence-electron chi connectivity index (χ3n) is 6.72. The highest BCUT2D eigenvalue weighted by atomic mass is 16.6. The van der Waals surface area contributed by atoms with Crippen LogP contribution >= 0.6 is 0 Å². The van der Waals surface area contributed by atoms with Gasteiger partial charge in [0.1, 0.15) is 11.1 Å². The molecule has 180 valence electrons. The van der Waals surface area contributed by atoms with Gasteiger partial charge in [-0.05, 0) is 85.3 Å². The van der Waals surface area contributed by atoms with Crippen molar-refractivity contribution in [3.05, 3.63) is 126 Å². The molecule has 0 saturated carbocycles. The van der Waals surface area contributed by atoms with Crippen molar-refractivity contribution in [1.29, 1.82) is 0 Å². The van der Waals surface area contributed by atoms with E-state index in [0.717, 1.165) is 22.3 Å². The topological polar surface area (TPSA) is 103 Å². The van der Waals surface area contributed by atoms with Gasteiger partial charge in [0.25, 0.3) is 11.4 Å². The molecule has 0 bridgehead atoms. The van der Waals surface area contributed by atoms with E-state index in [4.69, 9.17) is 0 Å². The van der Waals surface area contributed by atoms with Gasteiger partial charge in [0.15, 0.2) is 0 Å². The highest BCUT2D eigenvalue weighted by Gasteiger charge is 2.32. The average Bonchev–Trinajstić information content (AvgIpc) is 2.85. The fourth-order valence-electron chi connectivity index (χ4n) is 4.51. The molecule has 0 amide bonds. The van der Waals surface area contributed by atoms with Gasteiger partial charge in [-0.1, -0.05) is 48.5 Å². The lowest BCUT2D eigenvalue weighted by Crippen LogP contribution is -2.10. The van der Waals surface area contributed by atoms with Crippen LogP contribution in [0.15, 0.2) is 72.8 Å². The summed E-state index contributed by atoms with van der Waals surface area (Å²) >= 11 is 0. The predicted octanol–water partition coefficient (Wildman–Crippen LogP) is 7.30. The van der Waals surface area contributed by atoms with Gasteiger partial charge in [0.05, 0.1) is 21.0 Å². The zero-order chi connectivity index (χ0) is 26.1. The molecule has 0 aliphatic carbocycles. The van der Waals surface area contributed by atoms with Crippen LogP contribution in [0, 0.1) is 47.9 Å². The number of para-hydroxylation sites is 2. The summed E-state index contributed by atoms with van der Waals surface area (Å²) in [5.74, 6) is -0.771. The minimum absolute atomic E-state index is 0.195. The first-order valence-corrected chi connectivity index (χ1v) is 11.4. The Labute approximate surface area is 208 Å². The van der Waals surface area contributed by atoms with Crippen molar-refractivity contribution in [1.82, 2.24) is 0 Å². The number of benzene rings is 4. The van der Waals surface area contributed by atoms with Crippen LogP contribution in [-0.4, -0.2) is 15.6 Å². The molecule has 0 aliphatic rings. The van der Waals surface area contributed by atoms with Crippen LogP contribution in [0.3, 0.4) is 0 Å². The molecule has 0 aliphatic heterocycles. The van der Waals surface area contributed by atoms with E-state index in [1.54, 1.807) is 48.5 Å². The summed E-state index contributed by atoms with van der Waals surface area (Å²) in [6.45, 7) is 7.53. The van der Waals surface area contributed by atoms with Crippen LogP contribution in [0.25, 0.3) is 22.3 Å². The number of nitro benzene ring substituents is 2. The monoisotopic (exact) mass is 480 g/mol. The van der Waals surface area contributed by atoms with E-state index in [2.05, 4.69) is 0 Å². The van der Waals surface area contributed by atoms with Crippen molar-refractivity contribution in [2.75, 3.05) is 0 Å². The fraction of sp³-hybridized carbons (Fsp3) is 0.138. The summed E-state index contributed by atoms with van der Waals surface area (Å²) in [6, 6.07) is 20.0. The second-order valence-electron chi connectivity index (χ2n) is 8.74. The third kappa shape index (κ3) is 4.15. The van der Waals surface area contributed by atoms with Crippen LogP contribution in [0.1, 0.15) is 38.2 Å². The van der Waals surface area contributed by atoms with Gasteiger partial charge in [-0.3, -0.25) is 25.0 Å². The number of nitro groups is 2. The Morgan fingerprint density at radius 2 is 0.889 bits per heavy atom. The first-order chi connectivity index (χ1) is 17.1. The summed E-state index contributed by atoms with van der Waals surface area (Å²) in [5, 5.41) is 24.5. The Balaban J connectivity index is 1.98. The van der Waals surface area contributed by atoms with E-state index in [1.165, 1.54) is 12.1 Å². The number of hydrogen-bond donors (Lipinski definition) is 0. The average molecular weight is 481 g/mol. The Morgan fingerprint density at radius 1 is 0.556 bits per heavy atom. The number of carbonyl (C=O) groups excluding carboxylic acids is 1. The molecule has 4 aromatic carbocycles. The second-order valence-corrected chi connectivity index (χ2v) is 8.74. The Kier molecular flexibility index (Phi) is 6.49. The van der Waals surface area contributed by atoms with E-state index in [0.29, 0.717) is 22.3 Å². The Hall–Kier alpha value is -4.65. The van der Waals surface area contributed by atoms with Gasteiger partial charge < -0.3 is 0 Å². The van der Waals surface area contributed by atoms with Gasteiger partial charge >= 0.3 is 0 Å². The summed E-state index contributed by atoms with van der Waals surface area (Å²) < 4.78 is 0. The second kappa shape index (κ2) is 9.54. The SMILES string of the molecule is Cc1cccc(-c2cccc(C(=O)c3cccc(-c4cccc(C)c4C)c3[N+](=O)[O-])c2[N+](=O)[O-])c1C. The number of aryl methyl sites for hydroxylation is 2. The van der Waals surface area contributed by atoms with Crippen molar-refractivity contribution >= 4 is 17.2 Å². The Morgan fingerprint density at radius 3 is 1.25 bits per heavy atom. The molecule has 0 heterocycles.